The molecule has 2 aromatic heterocycles. The second-order valence-electron chi connectivity index (χ2n) is 6.99. The summed E-state index contributed by atoms with van der Waals surface area (Å²) < 4.78 is 7.83. The van der Waals surface area contributed by atoms with Gasteiger partial charge < -0.3 is 14.2 Å². The molecule has 0 fully saturated rings. The summed E-state index contributed by atoms with van der Waals surface area (Å²) in [7, 11) is 3.76. The van der Waals surface area contributed by atoms with Crippen molar-refractivity contribution in [3.63, 3.8) is 0 Å². The Balaban J connectivity index is 1.60. The van der Waals surface area contributed by atoms with E-state index in [4.69, 9.17) is 4.74 Å². The lowest BCUT2D eigenvalue weighted by Crippen LogP contribution is -2.30. The number of hydrogen-bond donors (Lipinski definition) is 1. The molecular formula is C19H23N5O2. The maximum Gasteiger partial charge on any atom is 0.274 e. The van der Waals surface area contributed by atoms with Crippen molar-refractivity contribution in [2.75, 3.05) is 7.05 Å². The van der Waals surface area contributed by atoms with Gasteiger partial charge in [-0.1, -0.05) is 12.1 Å². The number of aromatic nitrogens is 4. The van der Waals surface area contributed by atoms with Crippen molar-refractivity contribution in [2.45, 2.75) is 39.0 Å². The number of fused-ring (bicyclic) bond motifs is 2. The van der Waals surface area contributed by atoms with Gasteiger partial charge in [-0.3, -0.25) is 9.89 Å². The van der Waals surface area contributed by atoms with Crippen molar-refractivity contribution in [3.05, 3.63) is 47.0 Å². The van der Waals surface area contributed by atoms with Gasteiger partial charge in [-0.05, 0) is 26.0 Å². The lowest BCUT2D eigenvalue weighted by molar-refractivity contribution is -0.00701. The molecule has 0 aliphatic carbocycles. The zero-order chi connectivity index (χ0) is 18.4. The van der Waals surface area contributed by atoms with Crippen LogP contribution in [0.1, 0.15) is 47.5 Å². The van der Waals surface area contributed by atoms with Crippen LogP contribution in [0, 0.1) is 0 Å². The zero-order valence-electron chi connectivity index (χ0n) is 15.5. The maximum atomic E-state index is 13.0. The number of aryl methyl sites for hydroxylation is 1. The third-order valence-corrected chi connectivity index (χ3v) is 5.04. The van der Waals surface area contributed by atoms with Crippen LogP contribution in [-0.2, 0) is 24.8 Å². The summed E-state index contributed by atoms with van der Waals surface area (Å²) in [4.78, 5) is 19.3. The predicted molar refractivity (Wildman–Crippen MR) is 97.8 cm³/mol. The Morgan fingerprint density at radius 3 is 2.92 bits per heavy atom. The molecule has 0 bridgehead atoms. The zero-order valence-corrected chi connectivity index (χ0v) is 15.5. The van der Waals surface area contributed by atoms with Crippen LogP contribution in [0.5, 0.6) is 0 Å². The quantitative estimate of drug-likeness (QED) is 0.785. The normalized spacial score (nSPS) is 19.5. The first-order valence-electron chi connectivity index (χ1n) is 8.84. The summed E-state index contributed by atoms with van der Waals surface area (Å²) in [6, 6.07) is 7.96. The highest BCUT2D eigenvalue weighted by Gasteiger charge is 2.30. The molecule has 0 spiro atoms. The molecule has 0 saturated carbocycles. The molecule has 1 aliphatic heterocycles. The van der Waals surface area contributed by atoms with Crippen LogP contribution in [0.25, 0.3) is 11.0 Å². The molecule has 1 amide bonds. The van der Waals surface area contributed by atoms with E-state index in [-0.39, 0.29) is 18.1 Å². The van der Waals surface area contributed by atoms with Crippen molar-refractivity contribution in [2.24, 2.45) is 7.05 Å². The fraction of sp³-hybridized carbons (Fsp3) is 0.421. The molecule has 0 saturated heterocycles. The predicted octanol–water partition coefficient (Wildman–Crippen LogP) is 2.59. The van der Waals surface area contributed by atoms with E-state index in [0.717, 1.165) is 28.1 Å². The second kappa shape index (κ2) is 6.25. The van der Waals surface area contributed by atoms with Crippen LogP contribution >= 0.6 is 0 Å². The molecule has 3 heterocycles. The fourth-order valence-corrected chi connectivity index (χ4v) is 3.65. The Bertz CT molecular complexity index is 974. The number of ether oxygens (including phenoxy) is 1. The van der Waals surface area contributed by atoms with Crippen molar-refractivity contribution in [1.29, 1.82) is 0 Å². The standard InChI is InChI=1S/C19H23N5O2/c1-11-9-13-17(12(2)26-11)21-22-18(13)19(25)23(3)10-16-20-14-7-5-6-8-15(14)24(16)4/h5-8,11-12H,9-10H2,1-4H3,(H,21,22)/t11-,12+/m1/s1. The Morgan fingerprint density at radius 1 is 1.38 bits per heavy atom. The van der Waals surface area contributed by atoms with E-state index in [2.05, 4.69) is 15.2 Å². The van der Waals surface area contributed by atoms with Gasteiger partial charge >= 0.3 is 0 Å². The van der Waals surface area contributed by atoms with Crippen LogP contribution in [-0.4, -0.2) is 43.7 Å². The third-order valence-electron chi connectivity index (χ3n) is 5.04. The van der Waals surface area contributed by atoms with Crippen LogP contribution in [0.2, 0.25) is 0 Å². The number of amides is 1. The largest absolute Gasteiger partial charge is 0.369 e. The molecule has 0 radical (unpaired) electrons. The number of aromatic amines is 1. The van der Waals surface area contributed by atoms with Crippen LogP contribution < -0.4 is 0 Å². The number of H-pyrrole nitrogens is 1. The van der Waals surface area contributed by atoms with Gasteiger partial charge in [0.25, 0.3) is 5.91 Å². The smallest absolute Gasteiger partial charge is 0.274 e. The van der Waals surface area contributed by atoms with Gasteiger partial charge in [0.1, 0.15) is 5.82 Å². The van der Waals surface area contributed by atoms with Gasteiger partial charge in [0.2, 0.25) is 0 Å². The van der Waals surface area contributed by atoms with E-state index in [1.807, 2.05) is 49.7 Å². The summed E-state index contributed by atoms with van der Waals surface area (Å²) in [5.74, 6) is 0.743. The van der Waals surface area contributed by atoms with E-state index in [1.54, 1.807) is 11.9 Å². The van der Waals surface area contributed by atoms with Crippen molar-refractivity contribution >= 4 is 16.9 Å². The molecule has 7 nitrogen and oxygen atoms in total. The summed E-state index contributed by atoms with van der Waals surface area (Å²) in [5, 5.41) is 7.27. The molecule has 26 heavy (non-hydrogen) atoms. The van der Waals surface area contributed by atoms with Gasteiger partial charge in [0, 0.05) is 26.1 Å². The summed E-state index contributed by atoms with van der Waals surface area (Å²) in [6.45, 7) is 4.42. The lowest BCUT2D eigenvalue weighted by atomic mass is 9.99. The topological polar surface area (TPSA) is 76.0 Å². The van der Waals surface area contributed by atoms with E-state index in [1.165, 1.54) is 0 Å². The molecule has 4 rings (SSSR count). The maximum absolute atomic E-state index is 13.0. The Kier molecular flexibility index (Phi) is 4.03. The van der Waals surface area contributed by atoms with E-state index < -0.39 is 0 Å². The van der Waals surface area contributed by atoms with E-state index in [9.17, 15) is 4.79 Å². The van der Waals surface area contributed by atoms with Crippen molar-refractivity contribution in [1.82, 2.24) is 24.6 Å². The minimum Gasteiger partial charge on any atom is -0.369 e. The van der Waals surface area contributed by atoms with Crippen LogP contribution in [0.3, 0.4) is 0 Å². The monoisotopic (exact) mass is 353 g/mol. The van der Waals surface area contributed by atoms with Crippen LogP contribution in [0.15, 0.2) is 24.3 Å². The van der Waals surface area contributed by atoms with E-state index >= 15 is 0 Å². The van der Waals surface area contributed by atoms with Gasteiger partial charge in [0.15, 0.2) is 5.69 Å². The molecule has 1 aliphatic rings. The first kappa shape index (κ1) is 16.8. The van der Waals surface area contributed by atoms with Gasteiger partial charge in [-0.15, -0.1) is 0 Å². The number of hydrogen-bond acceptors (Lipinski definition) is 4. The molecule has 3 aromatic rings. The number of rotatable bonds is 3. The Labute approximate surface area is 152 Å². The van der Waals surface area contributed by atoms with E-state index in [0.29, 0.717) is 18.7 Å². The Hall–Kier alpha value is -2.67. The third kappa shape index (κ3) is 2.68. The number of para-hydroxylation sites is 2. The number of nitrogens with one attached hydrogen (secondary N) is 1. The summed E-state index contributed by atoms with van der Waals surface area (Å²) in [6.07, 6.45) is 0.692. The number of carbonyl (C=O) groups is 1. The number of imidazole rings is 1. The Morgan fingerprint density at radius 2 is 2.15 bits per heavy atom. The summed E-state index contributed by atoms with van der Waals surface area (Å²) >= 11 is 0. The highest BCUT2D eigenvalue weighted by Crippen LogP contribution is 2.30. The lowest BCUT2D eigenvalue weighted by Gasteiger charge is -2.25. The minimum absolute atomic E-state index is 0.0757. The molecule has 7 heteroatoms. The average Bonchev–Trinajstić information content (AvgIpc) is 3.16. The van der Waals surface area contributed by atoms with Gasteiger partial charge in [0.05, 0.1) is 35.5 Å². The van der Waals surface area contributed by atoms with Gasteiger partial charge in [-0.25, -0.2) is 4.98 Å². The highest BCUT2D eigenvalue weighted by atomic mass is 16.5. The molecule has 1 aromatic carbocycles. The average molecular weight is 353 g/mol. The number of benzene rings is 1. The molecule has 136 valence electrons. The molecule has 0 unspecified atom stereocenters. The second-order valence-corrected chi connectivity index (χ2v) is 6.99. The van der Waals surface area contributed by atoms with Crippen molar-refractivity contribution < 1.29 is 9.53 Å². The highest BCUT2D eigenvalue weighted by molar-refractivity contribution is 5.94. The van der Waals surface area contributed by atoms with Crippen molar-refractivity contribution in [3.8, 4) is 0 Å². The number of nitrogens with zero attached hydrogens (tertiary/aromatic N) is 4. The summed E-state index contributed by atoms with van der Waals surface area (Å²) in [5.41, 5.74) is 4.35. The molecule has 1 N–H and O–H groups in total. The van der Waals surface area contributed by atoms with Crippen LogP contribution in [0.4, 0.5) is 0 Å². The first-order chi connectivity index (χ1) is 12.5. The number of carbonyl (C=O) groups excluding carboxylic acids is 1. The first-order valence-corrected chi connectivity index (χ1v) is 8.84. The molecular weight excluding hydrogens is 330 g/mol. The minimum atomic E-state index is -0.101. The molecule has 2 atom stereocenters. The van der Waals surface area contributed by atoms with Gasteiger partial charge in [-0.2, -0.15) is 5.10 Å². The SMILES string of the molecule is C[C@@H]1Cc2c(C(=O)N(C)Cc3nc4ccccc4n3C)n[nH]c2[C@H](C)O1. The fourth-order valence-electron chi connectivity index (χ4n) is 3.65.